The van der Waals surface area contributed by atoms with E-state index in [9.17, 15) is 5.11 Å². The maximum atomic E-state index is 9.61. The lowest BCUT2D eigenvalue weighted by Crippen LogP contribution is -1.98. The highest BCUT2D eigenvalue weighted by Crippen LogP contribution is 2.35. The molecular formula is C16H14ClN3O3. The highest BCUT2D eigenvalue weighted by Gasteiger charge is 2.12. The van der Waals surface area contributed by atoms with E-state index in [0.717, 1.165) is 5.39 Å². The third-order valence-corrected chi connectivity index (χ3v) is 3.67. The van der Waals surface area contributed by atoms with E-state index in [0.29, 0.717) is 33.5 Å². The molecule has 0 saturated carbocycles. The molecule has 0 aliphatic rings. The first-order valence-corrected chi connectivity index (χ1v) is 7.12. The summed E-state index contributed by atoms with van der Waals surface area (Å²) in [7, 11) is 3.13. The van der Waals surface area contributed by atoms with Crippen molar-refractivity contribution < 1.29 is 14.6 Å². The second-order valence-electron chi connectivity index (χ2n) is 4.74. The van der Waals surface area contributed by atoms with Gasteiger partial charge in [0.15, 0.2) is 11.5 Å². The van der Waals surface area contributed by atoms with Gasteiger partial charge in [0.2, 0.25) is 0 Å². The summed E-state index contributed by atoms with van der Waals surface area (Å²) < 4.78 is 10.6. The zero-order valence-corrected chi connectivity index (χ0v) is 13.3. The third-order valence-electron chi connectivity index (χ3n) is 3.34. The Labute approximate surface area is 137 Å². The monoisotopic (exact) mass is 331 g/mol. The van der Waals surface area contributed by atoms with Crippen LogP contribution >= 0.6 is 11.6 Å². The Morgan fingerprint density at radius 3 is 2.52 bits per heavy atom. The summed E-state index contributed by atoms with van der Waals surface area (Å²) in [4.78, 5) is 8.48. The Balaban J connectivity index is 2.12. The smallest absolute Gasteiger partial charge is 0.162 e. The molecule has 6 nitrogen and oxygen atoms in total. The van der Waals surface area contributed by atoms with Gasteiger partial charge in [0.25, 0.3) is 0 Å². The molecule has 3 aromatic rings. The van der Waals surface area contributed by atoms with Crippen LogP contribution in [0.25, 0.3) is 10.9 Å². The predicted octanol–water partition coefficient (Wildman–Crippen LogP) is 3.75. The summed E-state index contributed by atoms with van der Waals surface area (Å²) in [6, 6.07) is 8.20. The number of halogens is 1. The van der Waals surface area contributed by atoms with Gasteiger partial charge in [-0.1, -0.05) is 11.6 Å². The maximum absolute atomic E-state index is 9.61. The summed E-state index contributed by atoms with van der Waals surface area (Å²) in [6.45, 7) is 0. The van der Waals surface area contributed by atoms with Crippen LogP contribution in [0.5, 0.6) is 17.2 Å². The molecule has 0 radical (unpaired) electrons. The average molecular weight is 332 g/mol. The molecule has 0 unspecified atom stereocenters. The first-order valence-electron chi connectivity index (χ1n) is 6.74. The number of aromatic nitrogens is 2. The Hall–Kier alpha value is -2.73. The molecular weight excluding hydrogens is 318 g/mol. The minimum absolute atomic E-state index is 0.106. The van der Waals surface area contributed by atoms with E-state index >= 15 is 0 Å². The van der Waals surface area contributed by atoms with Gasteiger partial charge in [-0.3, -0.25) is 0 Å². The van der Waals surface area contributed by atoms with Crippen LogP contribution < -0.4 is 14.8 Å². The predicted molar refractivity (Wildman–Crippen MR) is 89.0 cm³/mol. The summed E-state index contributed by atoms with van der Waals surface area (Å²) in [5.41, 5.74) is 1.23. The number of hydrogen-bond donors (Lipinski definition) is 2. The van der Waals surface area contributed by atoms with Crippen molar-refractivity contribution in [3.05, 3.63) is 41.7 Å². The number of phenols is 1. The highest BCUT2D eigenvalue weighted by molar-refractivity contribution is 6.33. The van der Waals surface area contributed by atoms with Gasteiger partial charge in [-0.25, -0.2) is 9.97 Å². The molecule has 2 aromatic carbocycles. The molecule has 7 heteroatoms. The fourth-order valence-electron chi connectivity index (χ4n) is 2.22. The Morgan fingerprint density at radius 1 is 1.04 bits per heavy atom. The number of methoxy groups -OCH3 is 2. The lowest BCUT2D eigenvalue weighted by molar-refractivity contribution is 0.356. The molecule has 0 atom stereocenters. The fourth-order valence-corrected chi connectivity index (χ4v) is 2.38. The molecule has 118 valence electrons. The van der Waals surface area contributed by atoms with Crippen molar-refractivity contribution in [2.75, 3.05) is 19.5 Å². The quantitative estimate of drug-likeness (QED) is 0.758. The lowest BCUT2D eigenvalue weighted by Gasteiger charge is -2.13. The van der Waals surface area contributed by atoms with Gasteiger partial charge in [-0.15, -0.1) is 0 Å². The van der Waals surface area contributed by atoms with Crippen LogP contribution in [-0.4, -0.2) is 29.3 Å². The molecule has 0 fully saturated rings. The van der Waals surface area contributed by atoms with Gasteiger partial charge in [0.05, 0.1) is 30.4 Å². The molecule has 0 aliphatic heterocycles. The summed E-state index contributed by atoms with van der Waals surface area (Å²) in [5, 5.41) is 13.9. The molecule has 3 rings (SSSR count). The van der Waals surface area contributed by atoms with E-state index in [1.807, 2.05) is 0 Å². The van der Waals surface area contributed by atoms with Crippen LogP contribution in [-0.2, 0) is 0 Å². The Morgan fingerprint density at radius 2 is 1.78 bits per heavy atom. The molecule has 1 heterocycles. The van der Waals surface area contributed by atoms with Crippen molar-refractivity contribution in [2.24, 2.45) is 0 Å². The maximum Gasteiger partial charge on any atom is 0.162 e. The average Bonchev–Trinajstić information content (AvgIpc) is 2.57. The van der Waals surface area contributed by atoms with Crippen molar-refractivity contribution in [1.29, 1.82) is 0 Å². The number of nitrogens with one attached hydrogen (secondary N) is 1. The van der Waals surface area contributed by atoms with Crippen molar-refractivity contribution in [3.8, 4) is 17.2 Å². The highest BCUT2D eigenvalue weighted by atomic mass is 35.5. The van der Waals surface area contributed by atoms with Crippen molar-refractivity contribution in [3.63, 3.8) is 0 Å². The van der Waals surface area contributed by atoms with E-state index < -0.39 is 0 Å². The summed E-state index contributed by atoms with van der Waals surface area (Å²) in [5.74, 6) is 1.80. The van der Waals surface area contributed by atoms with Crippen LogP contribution in [0.4, 0.5) is 11.5 Å². The van der Waals surface area contributed by atoms with Gasteiger partial charge in [-0.05, 0) is 18.2 Å². The van der Waals surface area contributed by atoms with Crippen LogP contribution in [0.15, 0.2) is 36.7 Å². The number of anilines is 2. The topological polar surface area (TPSA) is 76.5 Å². The molecule has 23 heavy (non-hydrogen) atoms. The standard InChI is InChI=1S/C16H14ClN3O3/c1-22-14-6-10-12(7-15(14)23-2)18-8-19-16(10)20-13-5-9(21)3-4-11(13)17/h3-8,21H,1-2H3,(H,18,19,20). The van der Waals surface area contributed by atoms with E-state index in [1.165, 1.54) is 18.5 Å². The number of rotatable bonds is 4. The third kappa shape index (κ3) is 2.93. The van der Waals surface area contributed by atoms with Crippen LogP contribution in [0, 0.1) is 0 Å². The SMILES string of the molecule is COc1cc2ncnc(Nc3cc(O)ccc3Cl)c2cc1OC. The molecule has 0 spiro atoms. The van der Waals surface area contributed by atoms with Gasteiger partial charge in [-0.2, -0.15) is 0 Å². The molecule has 1 aromatic heterocycles. The summed E-state index contributed by atoms with van der Waals surface area (Å²) >= 11 is 6.14. The van der Waals surface area contributed by atoms with Crippen molar-refractivity contribution in [2.45, 2.75) is 0 Å². The number of fused-ring (bicyclic) bond motifs is 1. The summed E-state index contributed by atoms with van der Waals surface area (Å²) in [6.07, 6.45) is 1.44. The van der Waals surface area contributed by atoms with Gasteiger partial charge in [0.1, 0.15) is 17.9 Å². The van der Waals surface area contributed by atoms with Crippen molar-refractivity contribution >= 4 is 34.0 Å². The number of phenolic OH excluding ortho intramolecular Hbond substituents is 1. The Kier molecular flexibility index (Phi) is 4.08. The van der Waals surface area contributed by atoms with Gasteiger partial charge >= 0.3 is 0 Å². The lowest BCUT2D eigenvalue weighted by atomic mass is 10.2. The zero-order chi connectivity index (χ0) is 16.4. The molecule has 2 N–H and O–H groups in total. The molecule has 0 saturated heterocycles. The molecule has 0 aliphatic carbocycles. The first kappa shape index (κ1) is 15.2. The van der Waals surface area contributed by atoms with Crippen molar-refractivity contribution in [1.82, 2.24) is 9.97 Å². The van der Waals surface area contributed by atoms with E-state index in [1.54, 1.807) is 32.4 Å². The van der Waals surface area contributed by atoms with Gasteiger partial charge < -0.3 is 19.9 Å². The van der Waals surface area contributed by atoms with E-state index in [4.69, 9.17) is 21.1 Å². The number of benzene rings is 2. The second kappa shape index (κ2) is 6.18. The molecule has 0 amide bonds. The minimum Gasteiger partial charge on any atom is -0.508 e. The normalized spacial score (nSPS) is 10.6. The number of hydrogen-bond acceptors (Lipinski definition) is 6. The largest absolute Gasteiger partial charge is 0.508 e. The Bertz CT molecular complexity index is 871. The van der Waals surface area contributed by atoms with Crippen LogP contribution in [0.3, 0.4) is 0 Å². The number of ether oxygens (including phenoxy) is 2. The van der Waals surface area contributed by atoms with E-state index in [2.05, 4.69) is 15.3 Å². The number of nitrogens with zero attached hydrogens (tertiary/aromatic N) is 2. The van der Waals surface area contributed by atoms with Crippen LogP contribution in [0.2, 0.25) is 5.02 Å². The first-order chi connectivity index (χ1) is 11.1. The second-order valence-corrected chi connectivity index (χ2v) is 5.14. The minimum atomic E-state index is 0.106. The van der Waals surface area contributed by atoms with E-state index in [-0.39, 0.29) is 5.75 Å². The number of aromatic hydroxyl groups is 1. The zero-order valence-electron chi connectivity index (χ0n) is 12.5. The molecule has 0 bridgehead atoms. The van der Waals surface area contributed by atoms with Crippen LogP contribution in [0.1, 0.15) is 0 Å². The van der Waals surface area contributed by atoms with Gasteiger partial charge in [0, 0.05) is 17.5 Å². The fraction of sp³-hybridized carbons (Fsp3) is 0.125.